The normalized spacial score (nSPS) is 16.2. The van der Waals surface area contributed by atoms with Gasteiger partial charge in [-0.2, -0.15) is 5.10 Å². The summed E-state index contributed by atoms with van der Waals surface area (Å²) >= 11 is 6.06. The SMILES string of the molecule is CS(=O)(=O)c1ccccc1CN1CCN(c2cn[nH]c(=O)c2Cl)CC1. The highest BCUT2D eigenvalue weighted by Crippen LogP contribution is 2.23. The van der Waals surface area contributed by atoms with Crippen molar-refractivity contribution < 1.29 is 8.42 Å². The largest absolute Gasteiger partial charge is 0.366 e. The Hall–Kier alpha value is -1.90. The lowest BCUT2D eigenvalue weighted by molar-refractivity contribution is 0.248. The molecule has 0 unspecified atom stereocenters. The number of benzene rings is 1. The molecule has 0 spiro atoms. The van der Waals surface area contributed by atoms with Crippen LogP contribution in [0.2, 0.25) is 5.02 Å². The zero-order valence-corrected chi connectivity index (χ0v) is 15.3. The first-order valence-electron chi connectivity index (χ1n) is 7.84. The van der Waals surface area contributed by atoms with Gasteiger partial charge in [0.05, 0.1) is 16.8 Å². The number of sulfone groups is 1. The van der Waals surface area contributed by atoms with Crippen molar-refractivity contribution in [3.05, 3.63) is 51.4 Å². The van der Waals surface area contributed by atoms with Crippen LogP contribution < -0.4 is 10.5 Å². The third kappa shape index (κ3) is 4.02. The average Bonchev–Trinajstić information content (AvgIpc) is 2.58. The van der Waals surface area contributed by atoms with Gasteiger partial charge in [0.25, 0.3) is 5.56 Å². The second-order valence-electron chi connectivity index (χ2n) is 6.04. The van der Waals surface area contributed by atoms with E-state index in [2.05, 4.69) is 15.1 Å². The van der Waals surface area contributed by atoms with Crippen LogP contribution in [-0.4, -0.2) is 55.9 Å². The van der Waals surface area contributed by atoms with Gasteiger partial charge < -0.3 is 4.90 Å². The number of nitrogens with zero attached hydrogens (tertiary/aromatic N) is 3. The van der Waals surface area contributed by atoms with Gasteiger partial charge in [0.15, 0.2) is 9.84 Å². The van der Waals surface area contributed by atoms with Crippen molar-refractivity contribution in [1.82, 2.24) is 15.1 Å². The Labute approximate surface area is 151 Å². The number of nitrogens with one attached hydrogen (secondary N) is 1. The van der Waals surface area contributed by atoms with Crippen LogP contribution in [0, 0.1) is 0 Å². The van der Waals surface area contributed by atoms with E-state index in [9.17, 15) is 13.2 Å². The molecule has 0 amide bonds. The molecule has 1 aliphatic heterocycles. The topological polar surface area (TPSA) is 86.4 Å². The fourth-order valence-corrected chi connectivity index (χ4v) is 4.12. The Balaban J connectivity index is 1.70. The molecule has 25 heavy (non-hydrogen) atoms. The lowest BCUT2D eigenvalue weighted by atomic mass is 10.2. The Bertz CT molecular complexity index is 921. The maximum absolute atomic E-state index is 11.9. The molecule has 0 atom stereocenters. The third-order valence-electron chi connectivity index (χ3n) is 4.26. The quantitative estimate of drug-likeness (QED) is 0.853. The summed E-state index contributed by atoms with van der Waals surface area (Å²) < 4.78 is 23.8. The van der Waals surface area contributed by atoms with Gasteiger partial charge in [0.2, 0.25) is 0 Å². The predicted molar refractivity (Wildman–Crippen MR) is 96.9 cm³/mol. The van der Waals surface area contributed by atoms with E-state index in [-0.39, 0.29) is 5.02 Å². The van der Waals surface area contributed by atoms with E-state index in [1.54, 1.807) is 18.3 Å². The van der Waals surface area contributed by atoms with Crippen LogP contribution in [0.4, 0.5) is 5.69 Å². The number of aromatic nitrogens is 2. The monoisotopic (exact) mass is 382 g/mol. The van der Waals surface area contributed by atoms with Crippen molar-refractivity contribution in [3.63, 3.8) is 0 Å². The van der Waals surface area contributed by atoms with Gasteiger partial charge in [-0.25, -0.2) is 13.5 Å². The minimum absolute atomic E-state index is 0.144. The minimum atomic E-state index is -3.25. The van der Waals surface area contributed by atoms with Gasteiger partial charge in [-0.3, -0.25) is 9.69 Å². The number of H-pyrrole nitrogens is 1. The molecular weight excluding hydrogens is 364 g/mol. The van der Waals surface area contributed by atoms with Crippen LogP contribution in [0.15, 0.2) is 40.2 Å². The lowest BCUT2D eigenvalue weighted by Crippen LogP contribution is -2.46. The summed E-state index contributed by atoms with van der Waals surface area (Å²) in [4.78, 5) is 16.2. The molecule has 1 fully saturated rings. The highest BCUT2D eigenvalue weighted by molar-refractivity contribution is 7.90. The third-order valence-corrected chi connectivity index (χ3v) is 5.82. The molecule has 1 saturated heterocycles. The van der Waals surface area contributed by atoms with Crippen LogP contribution in [0.5, 0.6) is 0 Å². The molecule has 3 rings (SSSR count). The molecule has 9 heteroatoms. The number of anilines is 1. The number of piperazine rings is 1. The number of rotatable bonds is 4. The van der Waals surface area contributed by atoms with Crippen LogP contribution in [0.25, 0.3) is 0 Å². The predicted octanol–water partition coefficient (Wildman–Crippen LogP) is 1.15. The lowest BCUT2D eigenvalue weighted by Gasteiger charge is -2.36. The molecule has 1 aliphatic rings. The fourth-order valence-electron chi connectivity index (χ4n) is 2.98. The molecule has 134 valence electrons. The van der Waals surface area contributed by atoms with Crippen molar-refractivity contribution >= 4 is 27.1 Å². The first-order chi connectivity index (χ1) is 11.9. The average molecular weight is 383 g/mol. The zero-order valence-electron chi connectivity index (χ0n) is 13.8. The second-order valence-corrected chi connectivity index (χ2v) is 8.40. The van der Waals surface area contributed by atoms with E-state index < -0.39 is 15.4 Å². The van der Waals surface area contributed by atoms with Gasteiger partial charge >= 0.3 is 0 Å². The van der Waals surface area contributed by atoms with Crippen molar-refractivity contribution in [3.8, 4) is 0 Å². The Kier molecular flexibility index (Phi) is 5.12. The van der Waals surface area contributed by atoms with Crippen LogP contribution >= 0.6 is 11.6 Å². The number of hydrogen-bond donors (Lipinski definition) is 1. The smallest absolute Gasteiger partial charge is 0.285 e. The highest BCUT2D eigenvalue weighted by atomic mass is 35.5. The molecule has 7 nitrogen and oxygen atoms in total. The molecule has 1 aromatic carbocycles. The fraction of sp³-hybridized carbons (Fsp3) is 0.375. The molecule has 0 radical (unpaired) electrons. The van der Waals surface area contributed by atoms with Gasteiger partial charge in [-0.1, -0.05) is 29.8 Å². The Morgan fingerprint density at radius 2 is 1.88 bits per heavy atom. The molecule has 2 heterocycles. The molecule has 0 bridgehead atoms. The zero-order chi connectivity index (χ0) is 18.0. The van der Waals surface area contributed by atoms with Crippen molar-refractivity contribution in [2.24, 2.45) is 0 Å². The van der Waals surface area contributed by atoms with Crippen molar-refractivity contribution in [1.29, 1.82) is 0 Å². The van der Waals surface area contributed by atoms with Crippen LogP contribution in [-0.2, 0) is 16.4 Å². The summed E-state index contributed by atoms with van der Waals surface area (Å²) in [7, 11) is -3.25. The molecule has 0 aliphatic carbocycles. The highest BCUT2D eigenvalue weighted by Gasteiger charge is 2.22. The van der Waals surface area contributed by atoms with Gasteiger partial charge in [-0.15, -0.1) is 0 Å². The van der Waals surface area contributed by atoms with E-state index in [0.717, 1.165) is 18.7 Å². The summed E-state index contributed by atoms with van der Waals surface area (Å²) in [5.41, 5.74) is 1.03. The van der Waals surface area contributed by atoms with Gasteiger partial charge in [-0.05, 0) is 11.6 Å². The van der Waals surface area contributed by atoms with Gasteiger partial charge in [0, 0.05) is 39.0 Å². The van der Waals surface area contributed by atoms with E-state index >= 15 is 0 Å². The number of hydrogen-bond acceptors (Lipinski definition) is 6. The van der Waals surface area contributed by atoms with E-state index in [1.165, 1.54) is 6.26 Å². The first kappa shape index (κ1) is 17.9. The molecular formula is C16H19ClN4O3S. The molecule has 2 aromatic rings. The van der Waals surface area contributed by atoms with E-state index in [0.29, 0.717) is 30.2 Å². The summed E-state index contributed by atoms with van der Waals surface area (Å²) in [6.07, 6.45) is 2.78. The maximum Gasteiger partial charge on any atom is 0.285 e. The molecule has 1 aromatic heterocycles. The minimum Gasteiger partial charge on any atom is -0.366 e. The van der Waals surface area contributed by atoms with Crippen LogP contribution in [0.1, 0.15) is 5.56 Å². The van der Waals surface area contributed by atoms with E-state index in [1.807, 2.05) is 17.0 Å². The van der Waals surface area contributed by atoms with Crippen molar-refractivity contribution in [2.75, 3.05) is 37.3 Å². The molecule has 0 saturated carbocycles. The Morgan fingerprint density at radius 1 is 1.20 bits per heavy atom. The van der Waals surface area contributed by atoms with E-state index in [4.69, 9.17) is 11.6 Å². The summed E-state index contributed by atoms with van der Waals surface area (Å²) in [6.45, 7) is 3.42. The van der Waals surface area contributed by atoms with Gasteiger partial charge in [0.1, 0.15) is 5.02 Å². The Morgan fingerprint density at radius 3 is 2.56 bits per heavy atom. The number of aromatic amines is 1. The maximum atomic E-state index is 11.9. The standard InChI is InChI=1S/C16H19ClN4O3S/c1-25(23,24)14-5-3-2-4-12(14)11-20-6-8-21(9-7-20)13-10-18-19-16(22)15(13)17/h2-5,10H,6-9,11H2,1H3,(H,19,22). The second kappa shape index (κ2) is 7.15. The van der Waals surface area contributed by atoms with Crippen LogP contribution in [0.3, 0.4) is 0 Å². The first-order valence-corrected chi connectivity index (χ1v) is 10.1. The molecule has 1 N–H and O–H groups in total. The summed E-state index contributed by atoms with van der Waals surface area (Å²) in [5.74, 6) is 0. The number of halogens is 1. The summed E-state index contributed by atoms with van der Waals surface area (Å²) in [6, 6.07) is 7.07. The van der Waals surface area contributed by atoms with Crippen molar-refractivity contribution in [2.45, 2.75) is 11.4 Å². The summed E-state index contributed by atoms with van der Waals surface area (Å²) in [5, 5.41) is 6.26.